The maximum atomic E-state index is 14.4. The van der Waals surface area contributed by atoms with Gasteiger partial charge in [-0.25, -0.2) is 12.8 Å². The molecule has 1 aromatic rings. The van der Waals surface area contributed by atoms with E-state index in [1.165, 1.54) is 10.6 Å². The summed E-state index contributed by atoms with van der Waals surface area (Å²) in [7, 11) is -3.21. The average Bonchev–Trinajstić information content (AvgIpc) is 2.40. The van der Waals surface area contributed by atoms with Crippen LogP contribution in [0.5, 0.6) is 0 Å². The van der Waals surface area contributed by atoms with Crippen LogP contribution in [0.15, 0.2) is 16.6 Å². The molecule has 1 aromatic carbocycles. The molecule has 0 radical (unpaired) electrons. The van der Waals surface area contributed by atoms with Gasteiger partial charge in [-0.1, -0.05) is 0 Å². The molecule has 0 atom stereocenters. The van der Waals surface area contributed by atoms with E-state index in [2.05, 4.69) is 15.9 Å². The summed E-state index contributed by atoms with van der Waals surface area (Å²) in [6.07, 6.45) is 1.17. The topological polar surface area (TPSA) is 90.5 Å². The highest BCUT2D eigenvalue weighted by molar-refractivity contribution is 9.10. The van der Waals surface area contributed by atoms with Gasteiger partial charge >= 0.3 is 0 Å². The van der Waals surface area contributed by atoms with Gasteiger partial charge in [0.15, 0.2) is 5.82 Å². The molecule has 0 unspecified atom stereocenters. The van der Waals surface area contributed by atoms with E-state index in [1.54, 1.807) is 17.0 Å². The Balaban J connectivity index is 2.22. The first-order valence-corrected chi connectivity index (χ1v) is 8.88. The van der Waals surface area contributed by atoms with Crippen molar-refractivity contribution in [1.29, 1.82) is 5.41 Å². The predicted octanol–water partition coefficient (Wildman–Crippen LogP) is 0.954. The molecule has 9 heteroatoms. The van der Waals surface area contributed by atoms with Gasteiger partial charge in [0.1, 0.15) is 5.84 Å². The van der Waals surface area contributed by atoms with Gasteiger partial charge in [-0.05, 0) is 28.1 Å². The van der Waals surface area contributed by atoms with Crippen LogP contribution >= 0.6 is 15.9 Å². The summed E-state index contributed by atoms with van der Waals surface area (Å²) in [6.45, 7) is 1.47. The minimum Gasteiger partial charge on any atom is -0.384 e. The van der Waals surface area contributed by atoms with Crippen molar-refractivity contribution >= 4 is 37.5 Å². The molecular formula is C12H16BrFN4O2S. The largest absolute Gasteiger partial charge is 0.384 e. The van der Waals surface area contributed by atoms with Crippen molar-refractivity contribution in [1.82, 2.24) is 4.31 Å². The maximum Gasteiger partial charge on any atom is 0.211 e. The van der Waals surface area contributed by atoms with Gasteiger partial charge in [0.05, 0.1) is 16.4 Å². The zero-order chi connectivity index (χ0) is 15.8. The third kappa shape index (κ3) is 3.35. The SMILES string of the molecule is CS(=O)(=O)N1CCN(c2ccc(C(=N)N)c(Br)c2F)CC1. The molecule has 116 valence electrons. The smallest absolute Gasteiger partial charge is 0.211 e. The Kier molecular flexibility index (Phi) is 4.54. The third-order valence-corrected chi connectivity index (χ3v) is 5.48. The lowest BCUT2D eigenvalue weighted by atomic mass is 10.1. The number of nitrogen functional groups attached to an aromatic ring is 1. The minimum atomic E-state index is -3.21. The van der Waals surface area contributed by atoms with Gasteiger partial charge in [0.2, 0.25) is 10.0 Å². The van der Waals surface area contributed by atoms with E-state index in [0.29, 0.717) is 37.4 Å². The van der Waals surface area contributed by atoms with Crippen LogP contribution < -0.4 is 10.6 Å². The number of hydrogen-bond acceptors (Lipinski definition) is 4. The molecule has 3 N–H and O–H groups in total. The molecule has 1 heterocycles. The molecule has 0 aliphatic carbocycles. The van der Waals surface area contributed by atoms with Gasteiger partial charge < -0.3 is 10.6 Å². The molecule has 0 spiro atoms. The number of hydrogen-bond donors (Lipinski definition) is 2. The van der Waals surface area contributed by atoms with E-state index in [1.807, 2.05) is 0 Å². The number of amidine groups is 1. The fourth-order valence-electron chi connectivity index (χ4n) is 2.25. The normalized spacial score (nSPS) is 17.0. The molecule has 2 rings (SSSR count). The van der Waals surface area contributed by atoms with Crippen LogP contribution in [0.1, 0.15) is 5.56 Å². The average molecular weight is 379 g/mol. The van der Waals surface area contributed by atoms with E-state index in [9.17, 15) is 12.8 Å². The van der Waals surface area contributed by atoms with Crippen LogP contribution in [0.2, 0.25) is 0 Å². The second kappa shape index (κ2) is 5.90. The quantitative estimate of drug-likeness (QED) is 0.605. The standard InChI is InChI=1S/C12H16BrFN4O2S/c1-21(19,20)18-6-4-17(5-7-18)9-3-2-8(12(15)16)10(13)11(9)14/h2-3H,4-7H2,1H3,(H3,15,16). The first kappa shape index (κ1) is 16.2. The molecule has 0 bridgehead atoms. The zero-order valence-corrected chi connectivity index (χ0v) is 13.8. The summed E-state index contributed by atoms with van der Waals surface area (Å²) in [4.78, 5) is 1.78. The Hall–Kier alpha value is -1.19. The summed E-state index contributed by atoms with van der Waals surface area (Å²) in [5.74, 6) is -0.704. The van der Waals surface area contributed by atoms with Gasteiger partial charge in [-0.2, -0.15) is 4.31 Å². The summed E-state index contributed by atoms with van der Waals surface area (Å²) in [6, 6.07) is 3.14. The monoisotopic (exact) mass is 378 g/mol. The van der Waals surface area contributed by atoms with Gasteiger partial charge in [-0.3, -0.25) is 5.41 Å². The molecule has 1 saturated heterocycles. The Morgan fingerprint density at radius 2 is 1.90 bits per heavy atom. The van der Waals surface area contributed by atoms with Gasteiger partial charge in [-0.15, -0.1) is 0 Å². The van der Waals surface area contributed by atoms with Crippen LogP contribution in [-0.4, -0.2) is 51.0 Å². The highest BCUT2D eigenvalue weighted by Crippen LogP contribution is 2.30. The van der Waals surface area contributed by atoms with Crippen molar-refractivity contribution in [3.05, 3.63) is 28.0 Å². The number of anilines is 1. The van der Waals surface area contributed by atoms with Crippen LogP contribution in [-0.2, 0) is 10.0 Å². The van der Waals surface area contributed by atoms with Gasteiger partial charge in [0, 0.05) is 31.7 Å². The highest BCUT2D eigenvalue weighted by Gasteiger charge is 2.26. The van der Waals surface area contributed by atoms with E-state index >= 15 is 0 Å². The minimum absolute atomic E-state index is 0.151. The fraction of sp³-hybridized carbons (Fsp3) is 0.417. The zero-order valence-electron chi connectivity index (χ0n) is 11.4. The summed E-state index contributed by atoms with van der Waals surface area (Å²) < 4.78 is 38.8. The van der Waals surface area contributed by atoms with Crippen molar-refractivity contribution in [2.24, 2.45) is 5.73 Å². The number of piperazine rings is 1. The molecule has 0 aromatic heterocycles. The number of rotatable bonds is 3. The number of halogens is 2. The Bertz CT molecular complexity index is 672. The van der Waals surface area contributed by atoms with E-state index in [0.717, 1.165) is 0 Å². The Morgan fingerprint density at radius 1 is 1.33 bits per heavy atom. The number of nitrogens with one attached hydrogen (secondary N) is 1. The second-order valence-corrected chi connectivity index (χ2v) is 7.60. The number of nitrogens with two attached hydrogens (primary N) is 1. The first-order chi connectivity index (χ1) is 9.71. The lowest BCUT2D eigenvalue weighted by Gasteiger charge is -2.35. The van der Waals surface area contributed by atoms with Crippen LogP contribution in [0.3, 0.4) is 0 Å². The third-order valence-electron chi connectivity index (χ3n) is 3.40. The molecule has 1 fully saturated rings. The Morgan fingerprint density at radius 3 is 2.38 bits per heavy atom. The lowest BCUT2D eigenvalue weighted by molar-refractivity contribution is 0.386. The summed E-state index contributed by atoms with van der Waals surface area (Å²) >= 11 is 3.11. The van der Waals surface area contributed by atoms with E-state index < -0.39 is 15.8 Å². The lowest BCUT2D eigenvalue weighted by Crippen LogP contribution is -2.48. The maximum absolute atomic E-state index is 14.4. The number of sulfonamides is 1. The second-order valence-electron chi connectivity index (χ2n) is 4.82. The van der Waals surface area contributed by atoms with Crippen molar-refractivity contribution in [3.8, 4) is 0 Å². The van der Waals surface area contributed by atoms with Crippen molar-refractivity contribution in [2.45, 2.75) is 0 Å². The molecule has 21 heavy (non-hydrogen) atoms. The van der Waals surface area contributed by atoms with Crippen molar-refractivity contribution in [3.63, 3.8) is 0 Å². The first-order valence-electron chi connectivity index (χ1n) is 6.24. The summed E-state index contributed by atoms with van der Waals surface area (Å²) in [5.41, 5.74) is 6.05. The molecule has 0 saturated carbocycles. The van der Waals surface area contributed by atoms with Crippen molar-refractivity contribution < 1.29 is 12.8 Å². The van der Waals surface area contributed by atoms with Crippen LogP contribution in [0, 0.1) is 11.2 Å². The van der Waals surface area contributed by atoms with Crippen LogP contribution in [0.4, 0.5) is 10.1 Å². The Labute approximate surface area is 131 Å². The molecule has 1 aliphatic heterocycles. The number of nitrogens with zero attached hydrogens (tertiary/aromatic N) is 2. The molecular weight excluding hydrogens is 363 g/mol. The molecule has 0 amide bonds. The molecule has 6 nitrogen and oxygen atoms in total. The van der Waals surface area contributed by atoms with Crippen molar-refractivity contribution in [2.75, 3.05) is 37.3 Å². The molecule has 1 aliphatic rings. The predicted molar refractivity (Wildman–Crippen MR) is 83.7 cm³/mol. The van der Waals surface area contributed by atoms with Gasteiger partial charge in [0.25, 0.3) is 0 Å². The fourth-order valence-corrected chi connectivity index (χ4v) is 3.63. The number of benzene rings is 1. The summed E-state index contributed by atoms with van der Waals surface area (Å²) in [5, 5.41) is 7.38. The highest BCUT2D eigenvalue weighted by atomic mass is 79.9. The van der Waals surface area contributed by atoms with Crippen LogP contribution in [0.25, 0.3) is 0 Å². The van der Waals surface area contributed by atoms with E-state index in [4.69, 9.17) is 11.1 Å². The van der Waals surface area contributed by atoms with E-state index in [-0.39, 0.29) is 10.3 Å².